The fraction of sp³-hybridized carbons (Fsp3) is 0.0769. The molecule has 0 saturated heterocycles. The number of aliphatic hydroxyl groups excluding tert-OH is 1. The lowest BCUT2D eigenvalue weighted by Gasteiger charge is -1.97. The zero-order valence-corrected chi connectivity index (χ0v) is 8.60. The molecule has 80 valence electrons. The fourth-order valence-electron chi connectivity index (χ4n) is 1.96. The Bertz CT molecular complexity index is 621. The van der Waals surface area contributed by atoms with Crippen LogP contribution in [-0.2, 0) is 6.61 Å². The van der Waals surface area contributed by atoms with E-state index in [4.69, 9.17) is 4.42 Å². The number of hydrogen-bond acceptors (Lipinski definition) is 2. The molecular formula is C13H11NO2. The maximum absolute atomic E-state index is 9.21. The van der Waals surface area contributed by atoms with Crippen LogP contribution in [0.4, 0.5) is 0 Å². The molecule has 0 aliphatic heterocycles. The fourth-order valence-corrected chi connectivity index (χ4v) is 1.96. The lowest BCUT2D eigenvalue weighted by Crippen LogP contribution is -1.82. The lowest BCUT2D eigenvalue weighted by molar-refractivity contribution is 0.281. The number of aromatic nitrogens is 1. The van der Waals surface area contributed by atoms with Gasteiger partial charge < -0.3 is 14.5 Å². The molecule has 3 aromatic rings. The predicted octanol–water partition coefficient (Wildman–Crippen LogP) is 2.92. The van der Waals surface area contributed by atoms with Crippen LogP contribution in [0.2, 0.25) is 0 Å². The van der Waals surface area contributed by atoms with Crippen LogP contribution < -0.4 is 0 Å². The van der Waals surface area contributed by atoms with Crippen molar-refractivity contribution in [3.05, 3.63) is 48.4 Å². The molecule has 0 aliphatic carbocycles. The molecular weight excluding hydrogens is 202 g/mol. The summed E-state index contributed by atoms with van der Waals surface area (Å²) in [5.41, 5.74) is 2.87. The zero-order chi connectivity index (χ0) is 11.0. The van der Waals surface area contributed by atoms with Gasteiger partial charge in [-0.05, 0) is 12.1 Å². The van der Waals surface area contributed by atoms with Crippen LogP contribution in [0, 0.1) is 0 Å². The third-order valence-electron chi connectivity index (χ3n) is 2.75. The van der Waals surface area contributed by atoms with E-state index < -0.39 is 0 Å². The summed E-state index contributed by atoms with van der Waals surface area (Å²) in [4.78, 5) is 3.19. The first-order valence-corrected chi connectivity index (χ1v) is 5.14. The minimum absolute atomic E-state index is 0.00859. The van der Waals surface area contributed by atoms with Crippen molar-refractivity contribution in [3.63, 3.8) is 0 Å². The molecule has 3 nitrogen and oxygen atoms in total. The average Bonchev–Trinajstić information content (AvgIpc) is 2.94. The molecule has 0 amide bonds. The van der Waals surface area contributed by atoms with Gasteiger partial charge in [0.25, 0.3) is 0 Å². The SMILES string of the molecule is OCc1ccoc1-c1c[nH]c2ccccc12. The molecule has 2 heterocycles. The minimum Gasteiger partial charge on any atom is -0.464 e. The van der Waals surface area contributed by atoms with Crippen molar-refractivity contribution in [2.24, 2.45) is 0 Å². The quantitative estimate of drug-likeness (QED) is 0.687. The summed E-state index contributed by atoms with van der Waals surface area (Å²) in [7, 11) is 0. The van der Waals surface area contributed by atoms with Crippen LogP contribution in [0.15, 0.2) is 47.2 Å². The summed E-state index contributed by atoms with van der Waals surface area (Å²) in [5, 5.41) is 10.3. The summed E-state index contributed by atoms with van der Waals surface area (Å²) >= 11 is 0. The second kappa shape index (κ2) is 3.54. The van der Waals surface area contributed by atoms with Crippen LogP contribution in [-0.4, -0.2) is 10.1 Å². The number of aromatic amines is 1. The molecule has 0 atom stereocenters. The van der Waals surface area contributed by atoms with E-state index in [1.165, 1.54) is 0 Å². The monoisotopic (exact) mass is 213 g/mol. The van der Waals surface area contributed by atoms with E-state index >= 15 is 0 Å². The van der Waals surface area contributed by atoms with Crippen molar-refractivity contribution in [3.8, 4) is 11.3 Å². The first-order valence-electron chi connectivity index (χ1n) is 5.14. The number of aliphatic hydroxyl groups is 1. The van der Waals surface area contributed by atoms with E-state index in [0.717, 1.165) is 27.8 Å². The van der Waals surface area contributed by atoms with Gasteiger partial charge in [0.2, 0.25) is 0 Å². The van der Waals surface area contributed by atoms with Crippen LogP contribution >= 0.6 is 0 Å². The summed E-state index contributed by atoms with van der Waals surface area (Å²) in [6.45, 7) is -0.00859. The number of hydrogen-bond donors (Lipinski definition) is 2. The standard InChI is InChI=1S/C13H11NO2/c15-8-9-5-6-16-13(9)11-7-14-12-4-2-1-3-10(11)12/h1-7,14-15H,8H2. The van der Waals surface area contributed by atoms with Gasteiger partial charge in [-0.25, -0.2) is 0 Å². The number of furan rings is 1. The molecule has 0 aliphatic rings. The molecule has 3 heteroatoms. The third kappa shape index (κ3) is 1.26. The third-order valence-corrected chi connectivity index (χ3v) is 2.75. The van der Waals surface area contributed by atoms with Crippen LogP contribution in [0.1, 0.15) is 5.56 Å². The molecule has 0 spiro atoms. The van der Waals surface area contributed by atoms with Gasteiger partial charge in [-0.3, -0.25) is 0 Å². The number of para-hydroxylation sites is 1. The number of benzene rings is 1. The summed E-state index contributed by atoms with van der Waals surface area (Å²) in [6, 6.07) is 9.81. The van der Waals surface area contributed by atoms with E-state index in [1.54, 1.807) is 12.3 Å². The van der Waals surface area contributed by atoms with Gasteiger partial charge in [0.1, 0.15) is 5.76 Å². The van der Waals surface area contributed by atoms with Gasteiger partial charge in [0.05, 0.1) is 12.9 Å². The van der Waals surface area contributed by atoms with Gasteiger partial charge in [-0.15, -0.1) is 0 Å². The van der Waals surface area contributed by atoms with Crippen molar-refractivity contribution >= 4 is 10.9 Å². The van der Waals surface area contributed by atoms with E-state index in [1.807, 2.05) is 30.5 Å². The Labute approximate surface area is 92.3 Å². The topological polar surface area (TPSA) is 49.2 Å². The number of nitrogens with one attached hydrogen (secondary N) is 1. The highest BCUT2D eigenvalue weighted by Crippen LogP contribution is 2.31. The van der Waals surface area contributed by atoms with Gasteiger partial charge in [0, 0.05) is 28.2 Å². The Morgan fingerprint density at radius 3 is 2.94 bits per heavy atom. The van der Waals surface area contributed by atoms with Crippen molar-refractivity contribution in [1.82, 2.24) is 4.98 Å². The summed E-state index contributed by atoms with van der Waals surface area (Å²) in [6.07, 6.45) is 3.51. The van der Waals surface area contributed by atoms with Crippen molar-refractivity contribution in [1.29, 1.82) is 0 Å². The Hall–Kier alpha value is -2.00. The molecule has 2 N–H and O–H groups in total. The van der Waals surface area contributed by atoms with E-state index in [9.17, 15) is 5.11 Å². The number of fused-ring (bicyclic) bond motifs is 1. The number of rotatable bonds is 2. The highest BCUT2D eigenvalue weighted by molar-refractivity contribution is 5.94. The van der Waals surface area contributed by atoms with Gasteiger partial charge >= 0.3 is 0 Å². The lowest BCUT2D eigenvalue weighted by atomic mass is 10.1. The zero-order valence-electron chi connectivity index (χ0n) is 8.60. The van der Waals surface area contributed by atoms with Crippen LogP contribution in [0.3, 0.4) is 0 Å². The largest absolute Gasteiger partial charge is 0.464 e. The first kappa shape index (κ1) is 9.24. The van der Waals surface area contributed by atoms with Gasteiger partial charge in [-0.1, -0.05) is 18.2 Å². The first-order chi connectivity index (χ1) is 7.90. The van der Waals surface area contributed by atoms with Gasteiger partial charge in [0.15, 0.2) is 0 Å². The second-order valence-corrected chi connectivity index (χ2v) is 3.68. The maximum atomic E-state index is 9.21. The van der Waals surface area contributed by atoms with E-state index in [2.05, 4.69) is 4.98 Å². The molecule has 3 rings (SSSR count). The van der Waals surface area contributed by atoms with Gasteiger partial charge in [-0.2, -0.15) is 0 Å². The van der Waals surface area contributed by atoms with Crippen molar-refractivity contribution in [2.45, 2.75) is 6.61 Å². The van der Waals surface area contributed by atoms with E-state index in [-0.39, 0.29) is 6.61 Å². The molecule has 0 radical (unpaired) electrons. The summed E-state index contributed by atoms with van der Waals surface area (Å²) < 4.78 is 5.43. The second-order valence-electron chi connectivity index (χ2n) is 3.68. The number of H-pyrrole nitrogens is 1. The minimum atomic E-state index is -0.00859. The molecule has 0 unspecified atom stereocenters. The highest BCUT2D eigenvalue weighted by atomic mass is 16.3. The molecule has 0 fully saturated rings. The Kier molecular flexibility index (Phi) is 2.04. The van der Waals surface area contributed by atoms with Crippen LogP contribution in [0.5, 0.6) is 0 Å². The Morgan fingerprint density at radius 2 is 2.06 bits per heavy atom. The van der Waals surface area contributed by atoms with Crippen molar-refractivity contribution < 1.29 is 9.52 Å². The molecule has 0 bridgehead atoms. The Morgan fingerprint density at radius 1 is 1.19 bits per heavy atom. The van der Waals surface area contributed by atoms with E-state index in [0.29, 0.717) is 0 Å². The van der Waals surface area contributed by atoms with Crippen molar-refractivity contribution in [2.75, 3.05) is 0 Å². The Balaban J connectivity index is 2.26. The maximum Gasteiger partial charge on any atom is 0.141 e. The molecule has 1 aromatic carbocycles. The predicted molar refractivity (Wildman–Crippen MR) is 61.9 cm³/mol. The van der Waals surface area contributed by atoms with Crippen LogP contribution in [0.25, 0.3) is 22.2 Å². The highest BCUT2D eigenvalue weighted by Gasteiger charge is 2.12. The summed E-state index contributed by atoms with van der Waals surface area (Å²) in [5.74, 6) is 0.736. The smallest absolute Gasteiger partial charge is 0.141 e. The molecule has 2 aromatic heterocycles. The molecule has 16 heavy (non-hydrogen) atoms. The normalized spacial score (nSPS) is 11.1. The average molecular weight is 213 g/mol. The molecule has 0 saturated carbocycles.